The molecule has 2 amide bonds. The summed E-state index contributed by atoms with van der Waals surface area (Å²) >= 11 is 0. The first kappa shape index (κ1) is 18.1. The van der Waals surface area contributed by atoms with Crippen molar-refractivity contribution in [3.05, 3.63) is 48.5 Å². The highest BCUT2D eigenvalue weighted by molar-refractivity contribution is 5.99. The largest absolute Gasteiger partial charge is 0.372 e. The fourth-order valence-electron chi connectivity index (χ4n) is 3.37. The molecule has 0 unspecified atom stereocenters. The summed E-state index contributed by atoms with van der Waals surface area (Å²) in [5, 5.41) is 5.77. The van der Waals surface area contributed by atoms with Crippen molar-refractivity contribution in [1.82, 2.24) is 0 Å². The van der Waals surface area contributed by atoms with Gasteiger partial charge in [-0.25, -0.2) is 4.79 Å². The number of benzene rings is 2. The van der Waals surface area contributed by atoms with E-state index in [1.54, 1.807) is 0 Å². The normalized spacial score (nSPS) is 13.5. The van der Waals surface area contributed by atoms with Crippen molar-refractivity contribution in [2.24, 2.45) is 0 Å². The maximum absolute atomic E-state index is 12.2. The van der Waals surface area contributed by atoms with Crippen LogP contribution in [-0.2, 0) is 0 Å². The number of hydrogen-bond donors (Lipinski definition) is 2. The molecule has 2 aromatic rings. The van der Waals surface area contributed by atoms with E-state index in [2.05, 4.69) is 46.4 Å². The fourth-order valence-corrected chi connectivity index (χ4v) is 3.37. The van der Waals surface area contributed by atoms with E-state index in [0.717, 1.165) is 37.6 Å². The number of carbonyl (C=O) groups excluding carboxylic acids is 1. The summed E-state index contributed by atoms with van der Waals surface area (Å²) < 4.78 is 0. The van der Waals surface area contributed by atoms with Crippen LogP contribution in [0.1, 0.15) is 26.7 Å². The fraction of sp³-hybridized carbons (Fsp3) is 0.381. The van der Waals surface area contributed by atoms with Crippen LogP contribution in [0.4, 0.5) is 27.5 Å². The van der Waals surface area contributed by atoms with Crippen molar-refractivity contribution in [3.63, 3.8) is 0 Å². The first-order valence-corrected chi connectivity index (χ1v) is 9.47. The molecule has 3 rings (SSSR count). The van der Waals surface area contributed by atoms with Crippen molar-refractivity contribution < 1.29 is 4.79 Å². The van der Waals surface area contributed by atoms with Gasteiger partial charge < -0.3 is 20.4 Å². The zero-order valence-corrected chi connectivity index (χ0v) is 15.7. The summed E-state index contributed by atoms with van der Waals surface area (Å²) in [5.74, 6) is 0. The van der Waals surface area contributed by atoms with Crippen molar-refractivity contribution in [1.29, 1.82) is 0 Å². The van der Waals surface area contributed by atoms with E-state index in [-0.39, 0.29) is 6.03 Å². The molecule has 1 fully saturated rings. The Hall–Kier alpha value is -2.69. The molecule has 5 heteroatoms. The third-order valence-electron chi connectivity index (χ3n) is 4.85. The van der Waals surface area contributed by atoms with Crippen LogP contribution in [0.15, 0.2) is 48.5 Å². The van der Waals surface area contributed by atoms with Crippen molar-refractivity contribution >= 4 is 28.8 Å². The molecule has 1 aliphatic heterocycles. The van der Waals surface area contributed by atoms with Gasteiger partial charge in [0.2, 0.25) is 0 Å². The minimum atomic E-state index is -0.227. The quantitative estimate of drug-likeness (QED) is 0.787. The van der Waals surface area contributed by atoms with E-state index < -0.39 is 0 Å². The van der Waals surface area contributed by atoms with Gasteiger partial charge in [0.25, 0.3) is 0 Å². The van der Waals surface area contributed by atoms with Crippen molar-refractivity contribution in [3.8, 4) is 0 Å². The Bertz CT molecular complexity index is 652. The number of urea groups is 1. The van der Waals surface area contributed by atoms with Gasteiger partial charge in [-0.1, -0.05) is 0 Å². The molecule has 1 saturated heterocycles. The maximum Gasteiger partial charge on any atom is 0.323 e. The highest BCUT2D eigenvalue weighted by Gasteiger charge is 2.12. The summed E-state index contributed by atoms with van der Waals surface area (Å²) in [7, 11) is 0. The molecule has 1 aliphatic rings. The van der Waals surface area contributed by atoms with E-state index in [4.69, 9.17) is 0 Å². The Balaban J connectivity index is 1.55. The zero-order chi connectivity index (χ0) is 18.4. The summed E-state index contributed by atoms with van der Waals surface area (Å²) in [4.78, 5) is 16.9. The first-order chi connectivity index (χ1) is 12.7. The smallest absolute Gasteiger partial charge is 0.323 e. The molecule has 5 nitrogen and oxygen atoms in total. The highest BCUT2D eigenvalue weighted by Crippen LogP contribution is 2.22. The third-order valence-corrected chi connectivity index (χ3v) is 4.85. The van der Waals surface area contributed by atoms with Gasteiger partial charge in [0.05, 0.1) is 0 Å². The second-order valence-corrected chi connectivity index (χ2v) is 6.54. The molecule has 0 radical (unpaired) electrons. The summed E-state index contributed by atoms with van der Waals surface area (Å²) in [6.45, 7) is 8.46. The van der Waals surface area contributed by atoms with Gasteiger partial charge in [-0.3, -0.25) is 0 Å². The minimum absolute atomic E-state index is 0.227. The zero-order valence-electron chi connectivity index (χ0n) is 15.7. The molecule has 2 N–H and O–H groups in total. The molecule has 138 valence electrons. The first-order valence-electron chi connectivity index (χ1n) is 9.47. The number of carbonyl (C=O) groups is 1. The van der Waals surface area contributed by atoms with Crippen LogP contribution in [0.25, 0.3) is 0 Å². The number of anilines is 4. The highest BCUT2D eigenvalue weighted by atomic mass is 16.2. The Morgan fingerprint density at radius 1 is 0.885 bits per heavy atom. The minimum Gasteiger partial charge on any atom is -0.372 e. The van der Waals surface area contributed by atoms with Gasteiger partial charge in [0.15, 0.2) is 0 Å². The van der Waals surface area contributed by atoms with Crippen LogP contribution < -0.4 is 20.4 Å². The molecule has 26 heavy (non-hydrogen) atoms. The summed E-state index contributed by atoms with van der Waals surface area (Å²) in [6, 6.07) is 15.8. The van der Waals surface area contributed by atoms with Crippen LogP contribution in [0.5, 0.6) is 0 Å². The second-order valence-electron chi connectivity index (χ2n) is 6.54. The SMILES string of the molecule is CCN(CC)c1ccc(NC(=O)Nc2ccc(N3CCCC3)cc2)cc1. The Kier molecular flexibility index (Phi) is 6.00. The van der Waals surface area contributed by atoms with E-state index in [9.17, 15) is 4.79 Å². The van der Waals surface area contributed by atoms with Gasteiger partial charge in [-0.05, 0) is 75.2 Å². The Morgan fingerprint density at radius 3 is 1.88 bits per heavy atom. The average molecular weight is 352 g/mol. The molecule has 0 saturated carbocycles. The predicted molar refractivity (Wildman–Crippen MR) is 111 cm³/mol. The topological polar surface area (TPSA) is 47.6 Å². The van der Waals surface area contributed by atoms with Crippen LogP contribution in [-0.4, -0.2) is 32.2 Å². The number of rotatable bonds is 6. The summed E-state index contributed by atoms with van der Waals surface area (Å²) in [5.41, 5.74) is 3.97. The molecule has 0 spiro atoms. The van der Waals surface area contributed by atoms with E-state index in [1.807, 2.05) is 36.4 Å². The van der Waals surface area contributed by atoms with E-state index in [0.29, 0.717) is 0 Å². The molecule has 0 aliphatic carbocycles. The lowest BCUT2D eigenvalue weighted by Crippen LogP contribution is -2.22. The monoisotopic (exact) mass is 352 g/mol. The molecule has 0 bridgehead atoms. The maximum atomic E-state index is 12.2. The lowest BCUT2D eigenvalue weighted by atomic mass is 10.2. The number of nitrogens with zero attached hydrogens (tertiary/aromatic N) is 2. The van der Waals surface area contributed by atoms with Crippen LogP contribution in [0, 0.1) is 0 Å². The molecule has 2 aromatic carbocycles. The number of amides is 2. The number of hydrogen-bond acceptors (Lipinski definition) is 3. The van der Waals surface area contributed by atoms with Gasteiger partial charge in [0, 0.05) is 48.9 Å². The standard InChI is InChI=1S/C21H28N4O/c1-3-24(4-2)19-11-7-17(8-12-19)22-21(26)23-18-9-13-20(14-10-18)25-15-5-6-16-25/h7-14H,3-6,15-16H2,1-2H3,(H2,22,23,26). The Labute approximate surface area is 156 Å². The van der Waals surface area contributed by atoms with Crippen molar-refractivity contribution in [2.45, 2.75) is 26.7 Å². The van der Waals surface area contributed by atoms with Gasteiger partial charge in [-0.15, -0.1) is 0 Å². The van der Waals surface area contributed by atoms with Crippen LogP contribution >= 0.6 is 0 Å². The number of nitrogens with one attached hydrogen (secondary N) is 2. The second kappa shape index (κ2) is 8.61. The molecule has 0 aromatic heterocycles. The molecular formula is C21H28N4O. The van der Waals surface area contributed by atoms with Crippen LogP contribution in [0.2, 0.25) is 0 Å². The lowest BCUT2D eigenvalue weighted by Gasteiger charge is -2.21. The third kappa shape index (κ3) is 4.48. The van der Waals surface area contributed by atoms with E-state index in [1.165, 1.54) is 24.2 Å². The predicted octanol–water partition coefficient (Wildman–Crippen LogP) is 4.78. The average Bonchev–Trinajstić information content (AvgIpc) is 3.19. The van der Waals surface area contributed by atoms with Crippen molar-refractivity contribution in [2.75, 3.05) is 46.6 Å². The molecular weight excluding hydrogens is 324 g/mol. The van der Waals surface area contributed by atoms with Gasteiger partial charge in [-0.2, -0.15) is 0 Å². The van der Waals surface area contributed by atoms with Gasteiger partial charge >= 0.3 is 6.03 Å². The van der Waals surface area contributed by atoms with Gasteiger partial charge in [0.1, 0.15) is 0 Å². The Morgan fingerprint density at radius 2 is 1.38 bits per heavy atom. The summed E-state index contributed by atoms with van der Waals surface area (Å²) in [6.07, 6.45) is 2.52. The lowest BCUT2D eigenvalue weighted by molar-refractivity contribution is 0.262. The van der Waals surface area contributed by atoms with Crippen LogP contribution in [0.3, 0.4) is 0 Å². The molecule has 1 heterocycles. The molecule has 0 atom stereocenters. The van der Waals surface area contributed by atoms with E-state index >= 15 is 0 Å².